The van der Waals surface area contributed by atoms with Gasteiger partial charge in [-0.15, -0.1) is 0 Å². The Balaban J connectivity index is 2.00. The number of hydrogen-bond acceptors (Lipinski definition) is 4. The van der Waals surface area contributed by atoms with E-state index < -0.39 is 16.0 Å². The highest BCUT2D eigenvalue weighted by Crippen LogP contribution is 2.21. The Morgan fingerprint density at radius 1 is 1.25 bits per heavy atom. The molecule has 1 aromatic rings. The predicted octanol–water partition coefficient (Wildman–Crippen LogP) is 0.327. The van der Waals surface area contributed by atoms with Crippen LogP contribution in [0.3, 0.4) is 0 Å². The summed E-state index contributed by atoms with van der Waals surface area (Å²) in [4.78, 5) is 14.0. The Kier molecular flexibility index (Phi) is 5.79. The quantitative estimate of drug-likeness (QED) is 0.760. The van der Waals surface area contributed by atoms with Crippen molar-refractivity contribution < 1.29 is 22.3 Å². The summed E-state index contributed by atoms with van der Waals surface area (Å²) in [5.41, 5.74) is 0.478. The third-order valence-electron chi connectivity index (χ3n) is 3.96. The molecule has 0 N–H and O–H groups in total. The van der Waals surface area contributed by atoms with Crippen molar-refractivity contribution in [2.24, 2.45) is 0 Å². The monoisotopic (exact) mass is 359 g/mol. The van der Waals surface area contributed by atoms with Gasteiger partial charge in [0.1, 0.15) is 11.6 Å². The molecule has 1 amide bonds. The van der Waals surface area contributed by atoms with Crippen LogP contribution in [0, 0.1) is 5.82 Å². The number of carbonyl (C=O) groups is 1. The number of benzene rings is 1. The van der Waals surface area contributed by atoms with Gasteiger partial charge >= 0.3 is 0 Å². The van der Waals surface area contributed by atoms with E-state index in [1.54, 1.807) is 4.90 Å². The molecule has 9 heteroatoms. The van der Waals surface area contributed by atoms with Gasteiger partial charge in [0.15, 0.2) is 0 Å². The normalized spacial score (nSPS) is 16.5. The van der Waals surface area contributed by atoms with Gasteiger partial charge in [-0.3, -0.25) is 4.79 Å². The van der Waals surface area contributed by atoms with Crippen LogP contribution in [0.5, 0.6) is 5.75 Å². The molecule has 0 spiro atoms. The molecule has 1 aromatic carbocycles. The first kappa shape index (κ1) is 18.6. The molecule has 0 saturated carbocycles. The van der Waals surface area contributed by atoms with Crippen LogP contribution in [0.15, 0.2) is 18.2 Å². The van der Waals surface area contributed by atoms with E-state index in [0.29, 0.717) is 24.4 Å². The van der Waals surface area contributed by atoms with Crippen LogP contribution in [-0.4, -0.2) is 75.2 Å². The van der Waals surface area contributed by atoms with Crippen molar-refractivity contribution in [3.63, 3.8) is 0 Å². The van der Waals surface area contributed by atoms with Gasteiger partial charge in [-0.05, 0) is 18.2 Å². The molecule has 0 bridgehead atoms. The third kappa shape index (κ3) is 4.03. The zero-order chi connectivity index (χ0) is 17.9. The molecule has 0 aliphatic carbocycles. The van der Waals surface area contributed by atoms with Crippen molar-refractivity contribution in [1.82, 2.24) is 13.5 Å². The number of amides is 1. The van der Waals surface area contributed by atoms with Gasteiger partial charge < -0.3 is 9.64 Å². The summed E-state index contributed by atoms with van der Waals surface area (Å²) >= 11 is 0. The molecular formula is C15H22FN3O4S. The highest BCUT2D eigenvalue weighted by Gasteiger charge is 2.30. The van der Waals surface area contributed by atoms with Crippen LogP contribution in [-0.2, 0) is 21.4 Å². The first-order valence-electron chi connectivity index (χ1n) is 7.53. The average Bonchev–Trinajstić information content (AvgIpc) is 2.55. The van der Waals surface area contributed by atoms with Crippen molar-refractivity contribution >= 4 is 16.1 Å². The Morgan fingerprint density at radius 2 is 1.88 bits per heavy atom. The molecule has 0 unspecified atom stereocenters. The molecule has 0 aromatic heterocycles. The van der Waals surface area contributed by atoms with Crippen molar-refractivity contribution in [2.45, 2.75) is 6.42 Å². The topological polar surface area (TPSA) is 70.2 Å². The number of ether oxygens (including phenoxy) is 1. The van der Waals surface area contributed by atoms with Crippen molar-refractivity contribution in [2.75, 3.05) is 47.4 Å². The SMILES string of the molecule is COc1ccc(F)cc1CC(=O)N1CCN(S(=O)(=O)N(C)C)CC1. The molecule has 1 heterocycles. The van der Waals surface area contributed by atoms with Crippen molar-refractivity contribution in [3.8, 4) is 5.75 Å². The lowest BCUT2D eigenvalue weighted by Crippen LogP contribution is -2.53. The Labute approximate surface area is 141 Å². The minimum atomic E-state index is -3.47. The van der Waals surface area contributed by atoms with Crippen LogP contribution in [0.2, 0.25) is 0 Å². The molecule has 1 fully saturated rings. The van der Waals surface area contributed by atoms with Gasteiger partial charge in [0.05, 0.1) is 13.5 Å². The Hall–Kier alpha value is -1.71. The summed E-state index contributed by atoms with van der Waals surface area (Å²) in [5, 5.41) is 0. The number of carbonyl (C=O) groups excluding carboxylic acids is 1. The molecular weight excluding hydrogens is 337 g/mol. The van der Waals surface area contributed by atoms with E-state index in [9.17, 15) is 17.6 Å². The van der Waals surface area contributed by atoms with E-state index in [2.05, 4.69) is 0 Å². The van der Waals surface area contributed by atoms with E-state index in [1.165, 1.54) is 43.7 Å². The second-order valence-corrected chi connectivity index (χ2v) is 7.85. The number of methoxy groups -OCH3 is 1. The van der Waals surface area contributed by atoms with Crippen LogP contribution >= 0.6 is 0 Å². The first-order chi connectivity index (χ1) is 11.3. The highest BCUT2D eigenvalue weighted by molar-refractivity contribution is 7.86. The number of nitrogens with zero attached hydrogens (tertiary/aromatic N) is 3. The van der Waals surface area contributed by atoms with E-state index >= 15 is 0 Å². The number of piperazine rings is 1. The maximum Gasteiger partial charge on any atom is 0.281 e. The minimum absolute atomic E-state index is 0.0152. The molecule has 134 valence electrons. The molecule has 2 rings (SSSR count). The largest absolute Gasteiger partial charge is 0.496 e. The van der Waals surface area contributed by atoms with E-state index in [1.807, 2.05) is 0 Å². The Bertz CT molecular complexity index is 701. The second-order valence-electron chi connectivity index (χ2n) is 5.70. The molecule has 0 radical (unpaired) electrons. The van der Waals surface area contributed by atoms with Crippen molar-refractivity contribution in [3.05, 3.63) is 29.6 Å². The number of hydrogen-bond donors (Lipinski definition) is 0. The molecule has 24 heavy (non-hydrogen) atoms. The zero-order valence-corrected chi connectivity index (χ0v) is 14.8. The lowest BCUT2D eigenvalue weighted by Gasteiger charge is -2.35. The van der Waals surface area contributed by atoms with Gasteiger partial charge in [0.2, 0.25) is 5.91 Å². The van der Waals surface area contributed by atoms with Gasteiger partial charge in [0.25, 0.3) is 10.2 Å². The van der Waals surface area contributed by atoms with Gasteiger partial charge in [0, 0.05) is 45.8 Å². The summed E-state index contributed by atoms with van der Waals surface area (Å²) in [6.45, 7) is 1.10. The minimum Gasteiger partial charge on any atom is -0.496 e. The number of rotatable bonds is 5. The first-order valence-corrected chi connectivity index (χ1v) is 8.93. The smallest absolute Gasteiger partial charge is 0.281 e. The fourth-order valence-electron chi connectivity index (χ4n) is 2.56. The molecule has 1 aliphatic heterocycles. The Morgan fingerprint density at radius 3 is 2.42 bits per heavy atom. The van der Waals surface area contributed by atoms with Crippen LogP contribution < -0.4 is 4.74 Å². The van der Waals surface area contributed by atoms with E-state index in [0.717, 1.165) is 4.31 Å². The summed E-state index contributed by atoms with van der Waals surface area (Å²) in [7, 11) is 0.950. The average molecular weight is 359 g/mol. The standard InChI is InChI=1S/C15H22FN3O4S/c1-17(2)24(21,22)19-8-6-18(7-9-19)15(20)11-12-10-13(16)4-5-14(12)23-3/h4-5,10H,6-9,11H2,1-3H3. The summed E-state index contributed by atoms with van der Waals surface area (Å²) in [6.07, 6.45) is 0.0152. The molecule has 7 nitrogen and oxygen atoms in total. The zero-order valence-electron chi connectivity index (χ0n) is 14.0. The lowest BCUT2D eigenvalue weighted by atomic mass is 10.1. The fourth-order valence-corrected chi connectivity index (χ4v) is 3.65. The van der Waals surface area contributed by atoms with Gasteiger partial charge in [-0.2, -0.15) is 17.0 Å². The summed E-state index contributed by atoms with van der Waals surface area (Å²) in [5.74, 6) is -0.153. The summed E-state index contributed by atoms with van der Waals surface area (Å²) < 4.78 is 45.2. The maximum atomic E-state index is 13.4. The van der Waals surface area contributed by atoms with Gasteiger partial charge in [-0.1, -0.05) is 0 Å². The predicted molar refractivity (Wildman–Crippen MR) is 87.4 cm³/mol. The molecule has 1 aliphatic rings. The summed E-state index contributed by atoms with van der Waals surface area (Å²) in [6, 6.07) is 4.04. The van der Waals surface area contributed by atoms with Crippen molar-refractivity contribution in [1.29, 1.82) is 0 Å². The van der Waals surface area contributed by atoms with E-state index in [4.69, 9.17) is 4.74 Å². The second kappa shape index (κ2) is 7.45. The van der Waals surface area contributed by atoms with Crippen LogP contribution in [0.25, 0.3) is 0 Å². The van der Waals surface area contributed by atoms with Crippen LogP contribution in [0.4, 0.5) is 4.39 Å². The number of halogens is 1. The van der Waals surface area contributed by atoms with Gasteiger partial charge in [-0.25, -0.2) is 4.39 Å². The lowest BCUT2D eigenvalue weighted by molar-refractivity contribution is -0.131. The van der Waals surface area contributed by atoms with E-state index in [-0.39, 0.29) is 25.4 Å². The fraction of sp³-hybridized carbons (Fsp3) is 0.533. The molecule has 0 atom stereocenters. The molecule has 1 saturated heterocycles. The highest BCUT2D eigenvalue weighted by atomic mass is 32.2. The van der Waals surface area contributed by atoms with Crippen LogP contribution in [0.1, 0.15) is 5.56 Å². The maximum absolute atomic E-state index is 13.4. The third-order valence-corrected chi connectivity index (χ3v) is 5.90.